The van der Waals surface area contributed by atoms with Crippen molar-refractivity contribution in [1.82, 2.24) is 9.97 Å². The van der Waals surface area contributed by atoms with Gasteiger partial charge in [0, 0.05) is 43.8 Å². The molecule has 5 aromatic carbocycles. The summed E-state index contributed by atoms with van der Waals surface area (Å²) in [6.07, 6.45) is 3.91. The summed E-state index contributed by atoms with van der Waals surface area (Å²) >= 11 is 0. The van der Waals surface area contributed by atoms with Crippen molar-refractivity contribution in [1.29, 1.82) is 0 Å². The molecule has 0 saturated heterocycles. The minimum absolute atomic E-state index is 0. The van der Waals surface area contributed by atoms with Gasteiger partial charge in [0.05, 0.1) is 13.7 Å². The number of pyridine rings is 2. The Labute approximate surface area is 328 Å². The van der Waals surface area contributed by atoms with Crippen molar-refractivity contribution in [2.24, 2.45) is 0 Å². The molecule has 0 bridgehead atoms. The molecule has 1 unspecified atom stereocenters. The fourth-order valence-electron chi connectivity index (χ4n) is 6.81. The Morgan fingerprint density at radius 2 is 1.34 bits per heavy atom. The van der Waals surface area contributed by atoms with Crippen molar-refractivity contribution in [3.05, 3.63) is 175 Å². The largest absolute Gasteiger partial charge is 0.501 e. The number of fused-ring (bicyclic) bond motifs is 3. The van der Waals surface area contributed by atoms with Gasteiger partial charge in [0.1, 0.15) is 5.58 Å². The number of aromatic nitrogens is 2. The summed E-state index contributed by atoms with van der Waals surface area (Å²) in [4.78, 5) is 9.26. The second-order valence-electron chi connectivity index (χ2n) is 14.7. The van der Waals surface area contributed by atoms with E-state index in [4.69, 9.17) is 9.40 Å². The minimum atomic E-state index is -1.40. The van der Waals surface area contributed by atoms with Gasteiger partial charge in [-0.25, -0.2) is 0 Å². The van der Waals surface area contributed by atoms with Gasteiger partial charge in [0.15, 0.2) is 0 Å². The maximum Gasteiger partial charge on any atom is 0.120 e. The van der Waals surface area contributed by atoms with E-state index >= 15 is 0 Å². The van der Waals surface area contributed by atoms with Crippen LogP contribution in [0.2, 0.25) is 19.6 Å². The second kappa shape index (κ2) is 16.4. The van der Waals surface area contributed by atoms with Crippen LogP contribution >= 0.6 is 0 Å². The van der Waals surface area contributed by atoms with E-state index in [1.807, 2.05) is 36.4 Å². The van der Waals surface area contributed by atoms with Crippen molar-refractivity contribution in [3.8, 4) is 33.6 Å². The van der Waals surface area contributed by atoms with E-state index in [9.17, 15) is 0 Å². The number of hydrogen-bond donors (Lipinski definition) is 0. The van der Waals surface area contributed by atoms with Crippen LogP contribution in [0.1, 0.15) is 49.3 Å². The molecule has 8 rings (SSSR count). The maximum absolute atomic E-state index is 6.21. The predicted molar refractivity (Wildman–Crippen MR) is 221 cm³/mol. The quantitative estimate of drug-likeness (QED) is 0.118. The van der Waals surface area contributed by atoms with Crippen LogP contribution in [0.25, 0.3) is 55.6 Å². The van der Waals surface area contributed by atoms with Gasteiger partial charge in [0.25, 0.3) is 0 Å². The van der Waals surface area contributed by atoms with Crippen LogP contribution in [0.3, 0.4) is 0 Å². The third-order valence-corrected chi connectivity index (χ3v) is 11.8. The first kappa shape index (κ1) is 37.8. The summed E-state index contributed by atoms with van der Waals surface area (Å²) < 4.78 is 6.21. The summed E-state index contributed by atoms with van der Waals surface area (Å²) in [5.41, 5.74) is 12.0. The van der Waals surface area contributed by atoms with Crippen LogP contribution in [0.5, 0.6) is 0 Å². The number of benzene rings is 5. The molecule has 3 nitrogen and oxygen atoms in total. The van der Waals surface area contributed by atoms with Gasteiger partial charge in [-0.2, -0.15) is 0 Å². The molecule has 0 aliphatic rings. The van der Waals surface area contributed by atoms with Gasteiger partial charge >= 0.3 is 0 Å². The Bertz CT molecular complexity index is 2430. The van der Waals surface area contributed by atoms with Crippen LogP contribution < -0.4 is 5.19 Å². The molecule has 0 spiro atoms. The minimum Gasteiger partial charge on any atom is -0.501 e. The first-order valence-electron chi connectivity index (χ1n) is 18.1. The van der Waals surface area contributed by atoms with Crippen LogP contribution in [0.15, 0.2) is 150 Å². The van der Waals surface area contributed by atoms with E-state index in [0.29, 0.717) is 11.8 Å². The van der Waals surface area contributed by atoms with Gasteiger partial charge in [-0.1, -0.05) is 142 Å². The van der Waals surface area contributed by atoms with Crippen LogP contribution in [-0.4, -0.2) is 18.0 Å². The Morgan fingerprint density at radius 3 is 2.04 bits per heavy atom. The fourth-order valence-corrected chi connectivity index (χ4v) is 8.49. The monoisotopic (exact) mass is 885 g/mol. The Kier molecular flexibility index (Phi) is 11.7. The van der Waals surface area contributed by atoms with Crippen LogP contribution in [-0.2, 0) is 20.1 Å². The first-order chi connectivity index (χ1) is 25.2. The van der Waals surface area contributed by atoms with Crippen molar-refractivity contribution >= 4 is 35.2 Å². The molecule has 1 atom stereocenters. The van der Waals surface area contributed by atoms with Crippen molar-refractivity contribution < 1.29 is 24.5 Å². The van der Waals surface area contributed by atoms with Gasteiger partial charge in [-0.05, 0) is 57.4 Å². The summed E-state index contributed by atoms with van der Waals surface area (Å²) in [6.45, 7) is 13.9. The Morgan fingerprint density at radius 1 is 0.623 bits per heavy atom. The van der Waals surface area contributed by atoms with Gasteiger partial charge in [-0.15, -0.1) is 53.6 Å². The molecule has 0 fully saturated rings. The molecule has 267 valence electrons. The average molecular weight is 885 g/mol. The fraction of sp³-hybridized carbons (Fsp3) is 0.167. The topological polar surface area (TPSA) is 38.9 Å². The molecular formula is C48H44IrN2OSi-2. The van der Waals surface area contributed by atoms with Gasteiger partial charge in [-0.3, -0.25) is 0 Å². The molecule has 0 saturated carbocycles. The second-order valence-corrected chi connectivity index (χ2v) is 19.8. The summed E-state index contributed by atoms with van der Waals surface area (Å²) in [5.74, 6) is 0.826. The molecule has 5 heteroatoms. The van der Waals surface area contributed by atoms with E-state index < -0.39 is 8.07 Å². The van der Waals surface area contributed by atoms with E-state index in [1.165, 1.54) is 33.0 Å². The zero-order valence-electron chi connectivity index (χ0n) is 31.1. The van der Waals surface area contributed by atoms with E-state index in [0.717, 1.165) is 44.5 Å². The third kappa shape index (κ3) is 8.34. The molecule has 1 radical (unpaired) electrons. The average Bonchev–Trinajstić information content (AvgIpc) is 3.56. The predicted octanol–water partition coefficient (Wildman–Crippen LogP) is 12.5. The van der Waals surface area contributed by atoms with E-state index in [2.05, 4.69) is 161 Å². The number of furan rings is 1. The first-order valence-corrected chi connectivity index (χ1v) is 21.6. The molecule has 0 amide bonds. The van der Waals surface area contributed by atoms with Crippen molar-refractivity contribution in [3.63, 3.8) is 0 Å². The molecule has 0 aliphatic carbocycles. The zero-order chi connectivity index (χ0) is 36.2. The van der Waals surface area contributed by atoms with Gasteiger partial charge in [0.2, 0.25) is 0 Å². The van der Waals surface area contributed by atoms with Crippen LogP contribution in [0.4, 0.5) is 0 Å². The van der Waals surface area contributed by atoms with Crippen molar-refractivity contribution in [2.75, 3.05) is 0 Å². The third-order valence-electron chi connectivity index (χ3n) is 9.73. The molecule has 3 heterocycles. The van der Waals surface area contributed by atoms with Crippen LogP contribution in [0, 0.1) is 12.1 Å². The number of nitrogens with zero attached hydrogens (tertiary/aromatic N) is 2. The molecule has 3 aromatic heterocycles. The zero-order valence-corrected chi connectivity index (χ0v) is 34.5. The van der Waals surface area contributed by atoms with E-state index in [-0.39, 0.29) is 20.1 Å². The molecule has 0 aliphatic heterocycles. The summed E-state index contributed by atoms with van der Waals surface area (Å²) in [5, 5.41) is 3.70. The normalized spacial score (nSPS) is 11.9. The maximum atomic E-state index is 6.21. The van der Waals surface area contributed by atoms with Gasteiger partial charge < -0.3 is 14.4 Å². The molecule has 8 aromatic rings. The Hall–Kier alpha value is -4.93. The number of hydrogen-bond acceptors (Lipinski definition) is 3. The molecule has 0 N–H and O–H groups in total. The Balaban J connectivity index is 0.000000179. The summed E-state index contributed by atoms with van der Waals surface area (Å²) in [6, 6.07) is 52.7. The number of rotatable bonds is 7. The van der Waals surface area contributed by atoms with E-state index in [1.54, 1.807) is 6.20 Å². The smallest absolute Gasteiger partial charge is 0.120 e. The summed E-state index contributed by atoms with van der Waals surface area (Å²) in [7, 11) is -1.40. The van der Waals surface area contributed by atoms with Crippen molar-refractivity contribution in [2.45, 2.75) is 52.2 Å². The SMILES string of the molecule is CC(C)c1cc(-c2[c-]ccc(-c3ccccc3)c2)ncc1[Si](C)(C)C.CC(c1ccccc1)c1ccc2oc3c(-c4ccccn4)[c-]ccc3c2c1.[Ir]. The molecular weight excluding hydrogens is 841 g/mol. The molecule has 53 heavy (non-hydrogen) atoms. The standard InChI is InChI=1S/C25H18NO.C23H26NSi.Ir/c1-17(18-8-3-2-4-9-18)19-13-14-24-22(16-19)20-10-7-11-21(25(20)27-24)23-12-5-6-15-26-23;1-17(2)21-15-22(24-16-23(21)25(3,4)5)20-13-9-12-19(14-20)18-10-7-6-8-11-18;/h2-10,12-17H,1H3;6-12,14-17H,1-5H3;/q2*-1;.